The standard InChI is InChI=1S/C48H82N2O5Si2/c1-16-17-20-38-32-50-43(52-38)48(37-23-24-37,53-44(51)49-11)29-27-33(2)40-25-26-41-35(19-18-28-47(40,41)10)21-22-36-30-39(54-56(12,13)45(4,5)6)31-42(34(36)3)55-57(14,15)46(7,8)9/h21-22,32-33,37,39-42H,3,16-20,23-31H2,1-2,4-15H3,(H,49,51)/b35-21+,36-22-/t33-,39-,40-,41+,42+,47-,48-/m1/s1. The first-order chi connectivity index (χ1) is 26.5. The van der Waals surface area contributed by atoms with Crippen LogP contribution in [0.25, 0.3) is 0 Å². The number of ether oxygens (including phenoxy) is 1. The van der Waals surface area contributed by atoms with Crippen molar-refractivity contribution in [3.05, 3.63) is 53.3 Å². The average Bonchev–Trinajstić information content (AvgIpc) is 3.76. The van der Waals surface area contributed by atoms with Crippen molar-refractivity contribution in [2.75, 3.05) is 7.05 Å². The summed E-state index contributed by atoms with van der Waals surface area (Å²) >= 11 is 0. The Balaban J connectivity index is 1.36. The number of allylic oxidation sites excluding steroid dienone is 3. The third-order valence-electron chi connectivity index (χ3n) is 15.8. The van der Waals surface area contributed by atoms with E-state index < -0.39 is 28.3 Å². The minimum absolute atomic E-state index is 0.0122. The first-order valence-corrected chi connectivity index (χ1v) is 28.6. The van der Waals surface area contributed by atoms with Crippen molar-refractivity contribution in [3.8, 4) is 0 Å². The van der Waals surface area contributed by atoms with Gasteiger partial charge in [-0.2, -0.15) is 0 Å². The second kappa shape index (κ2) is 17.6. The molecule has 7 atom stereocenters. The predicted molar refractivity (Wildman–Crippen MR) is 240 cm³/mol. The molecule has 1 aromatic heterocycles. The monoisotopic (exact) mass is 823 g/mol. The first kappa shape index (κ1) is 46.1. The number of nitrogens with zero attached hydrogens (tertiary/aromatic N) is 1. The molecule has 4 saturated carbocycles. The van der Waals surface area contributed by atoms with Gasteiger partial charge in [0.05, 0.1) is 18.4 Å². The Labute approximate surface area is 350 Å². The van der Waals surface area contributed by atoms with Crippen molar-refractivity contribution in [1.82, 2.24) is 10.3 Å². The van der Waals surface area contributed by atoms with Gasteiger partial charge in [0.2, 0.25) is 5.89 Å². The molecular formula is C48H82N2O5Si2. The van der Waals surface area contributed by atoms with E-state index in [1.165, 1.54) is 37.7 Å². The minimum atomic E-state index is -2.03. The Morgan fingerprint density at radius 3 is 2.33 bits per heavy atom. The molecule has 4 aliphatic rings. The van der Waals surface area contributed by atoms with Crippen LogP contribution in [-0.4, -0.2) is 47.0 Å². The van der Waals surface area contributed by atoms with E-state index in [0.29, 0.717) is 23.6 Å². The molecule has 1 heterocycles. The van der Waals surface area contributed by atoms with Gasteiger partial charge in [-0.15, -0.1) is 0 Å². The zero-order valence-electron chi connectivity index (χ0n) is 38.8. The maximum absolute atomic E-state index is 12.9. The fraction of sp³-hybridized carbons (Fsp3) is 0.792. The van der Waals surface area contributed by atoms with Crippen molar-refractivity contribution in [3.63, 3.8) is 0 Å². The van der Waals surface area contributed by atoms with Crippen LogP contribution in [0.15, 0.2) is 46.1 Å². The van der Waals surface area contributed by atoms with Crippen LogP contribution in [-0.2, 0) is 25.6 Å². The summed E-state index contributed by atoms with van der Waals surface area (Å²) < 4.78 is 27.0. The zero-order chi connectivity index (χ0) is 42.2. The number of alkyl carbamates (subject to hydrolysis) is 1. The minimum Gasteiger partial charge on any atom is -0.442 e. The van der Waals surface area contributed by atoms with Gasteiger partial charge in [0, 0.05) is 25.8 Å². The highest BCUT2D eigenvalue weighted by atomic mass is 28.4. The maximum Gasteiger partial charge on any atom is 0.407 e. The number of rotatable bonds is 15. The van der Waals surface area contributed by atoms with Gasteiger partial charge in [0.1, 0.15) is 5.76 Å². The summed E-state index contributed by atoms with van der Waals surface area (Å²) in [5, 5.41) is 2.99. The molecule has 0 bridgehead atoms. The number of oxazole rings is 1. The van der Waals surface area contributed by atoms with E-state index in [9.17, 15) is 4.79 Å². The van der Waals surface area contributed by atoms with Crippen LogP contribution in [0.4, 0.5) is 4.79 Å². The molecular weight excluding hydrogens is 741 g/mol. The predicted octanol–water partition coefficient (Wildman–Crippen LogP) is 13.6. The fourth-order valence-corrected chi connectivity index (χ4v) is 12.7. The van der Waals surface area contributed by atoms with Gasteiger partial charge in [0.25, 0.3) is 0 Å². The van der Waals surface area contributed by atoms with E-state index in [2.05, 4.69) is 106 Å². The van der Waals surface area contributed by atoms with Crippen LogP contribution in [0, 0.1) is 29.1 Å². The number of carbonyl (C=O) groups excluding carboxylic acids is 1. The van der Waals surface area contributed by atoms with E-state index in [-0.39, 0.29) is 33.6 Å². The summed E-state index contributed by atoms with van der Waals surface area (Å²) in [7, 11) is -2.37. The van der Waals surface area contributed by atoms with Gasteiger partial charge in [-0.3, -0.25) is 0 Å². The normalized spacial score (nSPS) is 29.3. The Morgan fingerprint density at radius 1 is 1.05 bits per heavy atom. The topological polar surface area (TPSA) is 82.8 Å². The van der Waals surface area contributed by atoms with E-state index >= 15 is 0 Å². The number of aryl methyl sites for hydroxylation is 1. The van der Waals surface area contributed by atoms with E-state index in [1.54, 1.807) is 12.6 Å². The Hall–Kier alpha value is -1.95. The lowest BCUT2D eigenvalue weighted by atomic mass is 9.60. The van der Waals surface area contributed by atoms with Crippen LogP contribution < -0.4 is 5.32 Å². The molecule has 4 aliphatic carbocycles. The molecule has 4 fully saturated rings. The van der Waals surface area contributed by atoms with Gasteiger partial charge in [-0.05, 0) is 141 Å². The fourth-order valence-electron chi connectivity index (χ4n) is 10.0. The van der Waals surface area contributed by atoms with Crippen molar-refractivity contribution >= 4 is 22.7 Å². The Kier molecular flexibility index (Phi) is 14.2. The number of hydrogen-bond donors (Lipinski definition) is 1. The number of fused-ring (bicyclic) bond motifs is 1. The van der Waals surface area contributed by atoms with E-state index in [1.807, 2.05) is 6.20 Å². The molecule has 322 valence electrons. The average molecular weight is 823 g/mol. The second-order valence-electron chi connectivity index (χ2n) is 21.9. The molecule has 0 aromatic carbocycles. The summed E-state index contributed by atoms with van der Waals surface area (Å²) in [6, 6.07) is 0. The van der Waals surface area contributed by atoms with Gasteiger partial charge >= 0.3 is 6.09 Å². The molecule has 0 radical (unpaired) electrons. The van der Waals surface area contributed by atoms with Crippen molar-refractivity contribution in [2.24, 2.45) is 29.1 Å². The zero-order valence-corrected chi connectivity index (χ0v) is 40.8. The lowest BCUT2D eigenvalue weighted by molar-refractivity contribution is -0.0453. The Bertz CT molecular complexity index is 1630. The van der Waals surface area contributed by atoms with Crippen molar-refractivity contribution in [1.29, 1.82) is 0 Å². The van der Waals surface area contributed by atoms with Crippen LogP contribution >= 0.6 is 0 Å². The smallest absolute Gasteiger partial charge is 0.407 e. The first-order valence-electron chi connectivity index (χ1n) is 22.8. The van der Waals surface area contributed by atoms with Crippen LogP contribution in [0.1, 0.15) is 157 Å². The molecule has 1 N–H and O–H groups in total. The highest BCUT2D eigenvalue weighted by molar-refractivity contribution is 6.74. The molecule has 0 unspecified atom stereocenters. The van der Waals surface area contributed by atoms with Gasteiger partial charge in [0.15, 0.2) is 22.2 Å². The molecule has 0 spiro atoms. The summed E-state index contributed by atoms with van der Waals surface area (Å²) in [5.74, 6) is 3.40. The molecule has 5 rings (SSSR count). The SMILES string of the molecule is C=C1/C(=C\C=C2/CCC[C@]3(C)[C@@H]([C@H](C)CC[C@](OC(=O)NC)(c4ncc(CCCC)o4)C4CC4)CC[C@@H]23)C[C@@H](O[Si](C)(C)C(C)(C)C)C[C@@H]1O[Si](C)(C)C(C)(C)C. The number of aromatic nitrogens is 1. The molecule has 9 heteroatoms. The van der Waals surface area contributed by atoms with E-state index in [0.717, 1.165) is 69.1 Å². The van der Waals surface area contributed by atoms with Crippen molar-refractivity contribution < 1.29 is 22.8 Å². The van der Waals surface area contributed by atoms with E-state index in [4.69, 9.17) is 29.6 Å². The molecule has 0 aliphatic heterocycles. The largest absolute Gasteiger partial charge is 0.442 e. The Morgan fingerprint density at radius 2 is 1.72 bits per heavy atom. The van der Waals surface area contributed by atoms with Gasteiger partial charge in [-0.25, -0.2) is 9.78 Å². The molecule has 0 saturated heterocycles. The lowest BCUT2D eigenvalue weighted by Crippen LogP contribution is -2.49. The highest BCUT2D eigenvalue weighted by Gasteiger charge is 2.55. The van der Waals surface area contributed by atoms with Crippen LogP contribution in [0.5, 0.6) is 0 Å². The number of amides is 1. The molecule has 1 amide bonds. The summed E-state index contributed by atoms with van der Waals surface area (Å²) in [5.41, 5.74) is 3.51. The quantitative estimate of drug-likeness (QED) is 0.177. The maximum atomic E-state index is 12.9. The molecule has 7 nitrogen and oxygen atoms in total. The number of nitrogens with one attached hydrogen (secondary N) is 1. The number of hydrogen-bond acceptors (Lipinski definition) is 6. The summed E-state index contributed by atoms with van der Waals surface area (Å²) in [4.78, 5) is 17.7. The molecule has 1 aromatic rings. The summed E-state index contributed by atoms with van der Waals surface area (Å²) in [6.07, 6.45) is 21.2. The van der Waals surface area contributed by atoms with Crippen molar-refractivity contribution in [2.45, 2.75) is 206 Å². The van der Waals surface area contributed by atoms with Crippen LogP contribution in [0.3, 0.4) is 0 Å². The third kappa shape index (κ3) is 10.2. The highest BCUT2D eigenvalue weighted by Crippen LogP contribution is 2.61. The van der Waals surface area contributed by atoms with Gasteiger partial charge < -0.3 is 23.3 Å². The summed E-state index contributed by atoms with van der Waals surface area (Å²) in [6.45, 7) is 35.4. The molecule has 57 heavy (non-hydrogen) atoms. The number of unbranched alkanes of at least 4 members (excludes halogenated alkanes) is 1. The third-order valence-corrected chi connectivity index (χ3v) is 24.9. The lowest BCUT2D eigenvalue weighted by Gasteiger charge is -2.46. The van der Waals surface area contributed by atoms with Gasteiger partial charge in [-0.1, -0.05) is 93.0 Å². The second-order valence-corrected chi connectivity index (χ2v) is 31.4. The number of carbonyl (C=O) groups is 1. The van der Waals surface area contributed by atoms with Crippen LogP contribution in [0.2, 0.25) is 36.3 Å².